The average molecular weight is 383 g/mol. The number of anilines is 1. The van der Waals surface area contributed by atoms with Gasteiger partial charge in [-0.2, -0.15) is 0 Å². The lowest BCUT2D eigenvalue weighted by atomic mass is 9.86. The van der Waals surface area contributed by atoms with E-state index in [2.05, 4.69) is 37.1 Å². The molecule has 0 aliphatic heterocycles. The molecule has 6 nitrogen and oxygen atoms in total. The van der Waals surface area contributed by atoms with Crippen LogP contribution in [0.5, 0.6) is 5.75 Å². The first kappa shape index (κ1) is 21.4. The molecule has 0 aliphatic rings. The SMILES string of the molecule is CCC(=O)c1cnccc1NC(=O)N(C)CCOc1ccccc1C(C)(C)C. The van der Waals surface area contributed by atoms with Crippen molar-refractivity contribution in [3.05, 3.63) is 53.9 Å². The molecule has 1 aromatic carbocycles. The number of rotatable bonds is 7. The van der Waals surface area contributed by atoms with Gasteiger partial charge >= 0.3 is 6.03 Å². The lowest BCUT2D eigenvalue weighted by Gasteiger charge is -2.24. The van der Waals surface area contributed by atoms with Crippen molar-refractivity contribution >= 4 is 17.5 Å². The number of amides is 2. The van der Waals surface area contributed by atoms with Gasteiger partial charge in [-0.25, -0.2) is 4.79 Å². The number of nitrogens with one attached hydrogen (secondary N) is 1. The molecule has 0 aliphatic carbocycles. The quantitative estimate of drug-likeness (QED) is 0.714. The minimum absolute atomic E-state index is 0.0244. The Bertz CT molecular complexity index is 828. The van der Waals surface area contributed by atoms with E-state index in [4.69, 9.17) is 4.74 Å². The molecular formula is C22H29N3O3. The van der Waals surface area contributed by atoms with E-state index in [1.807, 2.05) is 18.2 Å². The lowest BCUT2D eigenvalue weighted by Crippen LogP contribution is -2.35. The standard InChI is InChI=1S/C22H29N3O3/c1-6-19(26)16-15-23-12-11-18(16)24-21(27)25(5)13-14-28-20-10-8-7-9-17(20)22(2,3)4/h7-12,15H,6,13-14H2,1-5H3,(H,23,24,27). The molecule has 6 heteroatoms. The van der Waals surface area contributed by atoms with Crippen molar-refractivity contribution in [2.24, 2.45) is 0 Å². The number of hydrogen-bond acceptors (Lipinski definition) is 4. The summed E-state index contributed by atoms with van der Waals surface area (Å²) in [5.74, 6) is 0.766. The number of likely N-dealkylation sites (N-methyl/N-ethyl adjacent to an activating group) is 1. The molecule has 2 aromatic rings. The number of aromatic nitrogens is 1. The first-order chi connectivity index (χ1) is 13.2. The molecule has 2 amide bonds. The van der Waals surface area contributed by atoms with E-state index in [1.54, 1.807) is 26.2 Å². The Kier molecular flexibility index (Phi) is 7.15. The topological polar surface area (TPSA) is 71.5 Å². The predicted molar refractivity (Wildman–Crippen MR) is 111 cm³/mol. The zero-order chi connectivity index (χ0) is 20.7. The summed E-state index contributed by atoms with van der Waals surface area (Å²) in [6, 6.07) is 9.27. The van der Waals surface area contributed by atoms with Crippen LogP contribution in [-0.4, -0.2) is 41.9 Å². The molecule has 0 atom stereocenters. The minimum atomic E-state index is -0.302. The first-order valence-electron chi connectivity index (χ1n) is 9.45. The van der Waals surface area contributed by atoms with E-state index in [1.165, 1.54) is 11.1 Å². The largest absolute Gasteiger partial charge is 0.491 e. The molecule has 0 saturated heterocycles. The van der Waals surface area contributed by atoms with Gasteiger partial charge in [0, 0.05) is 25.9 Å². The van der Waals surface area contributed by atoms with Crippen LogP contribution in [0, 0.1) is 0 Å². The number of carbonyl (C=O) groups excluding carboxylic acids is 2. The first-order valence-corrected chi connectivity index (χ1v) is 9.45. The summed E-state index contributed by atoms with van der Waals surface area (Å²) in [6.07, 6.45) is 3.38. The maximum Gasteiger partial charge on any atom is 0.321 e. The van der Waals surface area contributed by atoms with Gasteiger partial charge in [-0.3, -0.25) is 9.78 Å². The van der Waals surface area contributed by atoms with Crippen LogP contribution in [0.25, 0.3) is 0 Å². The Morgan fingerprint density at radius 3 is 2.57 bits per heavy atom. The number of nitrogens with zero attached hydrogens (tertiary/aromatic N) is 2. The number of ether oxygens (including phenoxy) is 1. The van der Waals surface area contributed by atoms with Crippen molar-refractivity contribution in [2.45, 2.75) is 39.5 Å². The Morgan fingerprint density at radius 1 is 1.18 bits per heavy atom. The van der Waals surface area contributed by atoms with Crippen molar-refractivity contribution in [1.82, 2.24) is 9.88 Å². The van der Waals surface area contributed by atoms with Crippen LogP contribution in [-0.2, 0) is 5.41 Å². The van der Waals surface area contributed by atoms with Gasteiger partial charge in [0.1, 0.15) is 12.4 Å². The van der Waals surface area contributed by atoms with Gasteiger partial charge in [0.05, 0.1) is 17.8 Å². The van der Waals surface area contributed by atoms with E-state index in [0.717, 1.165) is 11.3 Å². The number of benzene rings is 1. The minimum Gasteiger partial charge on any atom is -0.491 e. The van der Waals surface area contributed by atoms with Gasteiger partial charge in [0.25, 0.3) is 0 Å². The third-order valence-corrected chi connectivity index (χ3v) is 4.41. The second kappa shape index (κ2) is 9.35. The van der Waals surface area contributed by atoms with Gasteiger partial charge in [0.2, 0.25) is 0 Å². The van der Waals surface area contributed by atoms with Crippen LogP contribution in [0.15, 0.2) is 42.7 Å². The highest BCUT2D eigenvalue weighted by atomic mass is 16.5. The summed E-state index contributed by atoms with van der Waals surface area (Å²) in [5, 5.41) is 2.78. The van der Waals surface area contributed by atoms with Gasteiger partial charge in [-0.05, 0) is 23.1 Å². The molecule has 1 heterocycles. The van der Waals surface area contributed by atoms with Crippen LogP contribution in [0.3, 0.4) is 0 Å². The third-order valence-electron chi connectivity index (χ3n) is 4.41. The summed E-state index contributed by atoms with van der Waals surface area (Å²) in [6.45, 7) is 8.97. The van der Waals surface area contributed by atoms with Crippen LogP contribution in [0.4, 0.5) is 10.5 Å². The molecule has 0 radical (unpaired) electrons. The number of para-hydroxylation sites is 1. The molecule has 28 heavy (non-hydrogen) atoms. The number of ketones is 1. The fraction of sp³-hybridized carbons (Fsp3) is 0.409. The fourth-order valence-electron chi connectivity index (χ4n) is 2.73. The van der Waals surface area contributed by atoms with E-state index < -0.39 is 0 Å². The van der Waals surface area contributed by atoms with Crippen molar-refractivity contribution < 1.29 is 14.3 Å². The van der Waals surface area contributed by atoms with Crippen LogP contribution < -0.4 is 10.1 Å². The maximum absolute atomic E-state index is 12.5. The molecule has 0 unspecified atom stereocenters. The molecule has 0 bridgehead atoms. The molecule has 0 fully saturated rings. The van der Waals surface area contributed by atoms with Gasteiger partial charge in [-0.1, -0.05) is 45.9 Å². The van der Waals surface area contributed by atoms with E-state index in [0.29, 0.717) is 30.8 Å². The molecule has 1 aromatic heterocycles. The summed E-state index contributed by atoms with van der Waals surface area (Å²) in [5.41, 5.74) is 1.99. The summed E-state index contributed by atoms with van der Waals surface area (Å²) in [4.78, 5) is 30.0. The summed E-state index contributed by atoms with van der Waals surface area (Å²) < 4.78 is 5.93. The highest BCUT2D eigenvalue weighted by Gasteiger charge is 2.19. The zero-order valence-electron chi connectivity index (χ0n) is 17.3. The molecule has 150 valence electrons. The molecule has 2 rings (SSSR count). The molecule has 1 N–H and O–H groups in total. The highest BCUT2D eigenvalue weighted by Crippen LogP contribution is 2.30. The second-order valence-electron chi connectivity index (χ2n) is 7.64. The normalized spacial score (nSPS) is 11.0. The van der Waals surface area contributed by atoms with E-state index in [-0.39, 0.29) is 17.2 Å². The Morgan fingerprint density at radius 2 is 1.89 bits per heavy atom. The summed E-state index contributed by atoms with van der Waals surface area (Å²) in [7, 11) is 1.69. The summed E-state index contributed by atoms with van der Waals surface area (Å²) >= 11 is 0. The fourth-order valence-corrected chi connectivity index (χ4v) is 2.73. The number of carbonyl (C=O) groups is 2. The number of urea groups is 1. The lowest BCUT2D eigenvalue weighted by molar-refractivity contribution is 0.0988. The maximum atomic E-state index is 12.5. The predicted octanol–water partition coefficient (Wildman–Crippen LogP) is 4.51. The van der Waals surface area contributed by atoms with Crippen molar-refractivity contribution in [1.29, 1.82) is 0 Å². The van der Waals surface area contributed by atoms with Crippen LogP contribution in [0.1, 0.15) is 50.0 Å². The van der Waals surface area contributed by atoms with E-state index >= 15 is 0 Å². The average Bonchev–Trinajstić information content (AvgIpc) is 2.67. The van der Waals surface area contributed by atoms with Crippen molar-refractivity contribution in [3.63, 3.8) is 0 Å². The van der Waals surface area contributed by atoms with Crippen LogP contribution in [0.2, 0.25) is 0 Å². The number of Topliss-reactive ketones (excluding diaryl/α,β-unsaturated/α-hetero) is 1. The number of pyridine rings is 1. The smallest absolute Gasteiger partial charge is 0.321 e. The van der Waals surface area contributed by atoms with Gasteiger partial charge in [0.15, 0.2) is 5.78 Å². The zero-order valence-corrected chi connectivity index (χ0v) is 17.3. The Hall–Kier alpha value is -2.89. The van der Waals surface area contributed by atoms with Crippen molar-refractivity contribution in [2.75, 3.05) is 25.5 Å². The van der Waals surface area contributed by atoms with Gasteiger partial charge in [-0.15, -0.1) is 0 Å². The van der Waals surface area contributed by atoms with Gasteiger partial charge < -0.3 is 15.0 Å². The second-order valence-corrected chi connectivity index (χ2v) is 7.64. The van der Waals surface area contributed by atoms with Crippen molar-refractivity contribution in [3.8, 4) is 5.75 Å². The Labute approximate surface area is 166 Å². The third kappa shape index (κ3) is 5.55. The molecular weight excluding hydrogens is 354 g/mol. The highest BCUT2D eigenvalue weighted by molar-refractivity contribution is 6.04. The molecule has 0 spiro atoms. The van der Waals surface area contributed by atoms with E-state index in [9.17, 15) is 9.59 Å². The monoisotopic (exact) mass is 383 g/mol. The molecule has 0 saturated carbocycles. The number of hydrogen-bond donors (Lipinski definition) is 1. The van der Waals surface area contributed by atoms with Crippen LogP contribution >= 0.6 is 0 Å². The Balaban J connectivity index is 1.95.